The molecule has 2 rings (SSSR count). The van der Waals surface area contributed by atoms with Crippen molar-refractivity contribution in [1.29, 1.82) is 0 Å². The van der Waals surface area contributed by atoms with E-state index in [0.29, 0.717) is 18.7 Å². The molecule has 4 heteroatoms. The van der Waals surface area contributed by atoms with Crippen LogP contribution in [-0.4, -0.2) is 19.6 Å². The van der Waals surface area contributed by atoms with Gasteiger partial charge in [-0.2, -0.15) is 0 Å². The predicted molar refractivity (Wildman–Crippen MR) is 54.3 cm³/mol. The molecule has 0 radical (unpaired) electrons. The van der Waals surface area contributed by atoms with Gasteiger partial charge in [0.05, 0.1) is 13.0 Å². The molecule has 1 heterocycles. The lowest BCUT2D eigenvalue weighted by Gasteiger charge is -2.24. The van der Waals surface area contributed by atoms with Crippen LogP contribution < -0.4 is 5.32 Å². The molecule has 0 saturated heterocycles. The minimum absolute atomic E-state index is 0.260. The normalized spacial score (nSPS) is 18.9. The van der Waals surface area contributed by atoms with E-state index in [1.807, 2.05) is 0 Å². The number of hydrogen-bond acceptors (Lipinski definition) is 3. The molecule has 0 aromatic heterocycles. The topological polar surface area (TPSA) is 38.3 Å². The minimum Gasteiger partial charge on any atom is -0.469 e. The lowest BCUT2D eigenvalue weighted by Crippen LogP contribution is -2.23. The van der Waals surface area contributed by atoms with Crippen molar-refractivity contribution in [2.24, 2.45) is 0 Å². The van der Waals surface area contributed by atoms with Crippen molar-refractivity contribution < 1.29 is 13.9 Å². The van der Waals surface area contributed by atoms with Crippen molar-refractivity contribution in [2.75, 3.05) is 19.0 Å². The highest BCUT2D eigenvalue weighted by Gasteiger charge is 2.27. The van der Waals surface area contributed by atoms with E-state index >= 15 is 0 Å². The van der Waals surface area contributed by atoms with E-state index in [1.54, 1.807) is 6.07 Å². The summed E-state index contributed by atoms with van der Waals surface area (Å²) in [5.41, 5.74) is 1.51. The molecule has 0 spiro atoms. The third-order valence-electron chi connectivity index (χ3n) is 2.62. The first-order valence-electron chi connectivity index (χ1n) is 4.83. The van der Waals surface area contributed by atoms with Crippen molar-refractivity contribution in [3.05, 3.63) is 29.6 Å². The van der Waals surface area contributed by atoms with Gasteiger partial charge < -0.3 is 10.1 Å². The fourth-order valence-electron chi connectivity index (χ4n) is 1.88. The average Bonchev–Trinajstić information content (AvgIpc) is 2.26. The van der Waals surface area contributed by atoms with Gasteiger partial charge in [-0.15, -0.1) is 0 Å². The highest BCUT2D eigenvalue weighted by atomic mass is 19.1. The second kappa shape index (κ2) is 3.88. The highest BCUT2D eigenvalue weighted by Crippen LogP contribution is 2.32. The summed E-state index contributed by atoms with van der Waals surface area (Å²) in [5, 5.41) is 3.06. The first-order chi connectivity index (χ1) is 7.22. The number of nitrogens with one attached hydrogen (secondary N) is 1. The molecule has 80 valence electrons. The first-order valence-corrected chi connectivity index (χ1v) is 4.83. The monoisotopic (exact) mass is 209 g/mol. The third-order valence-corrected chi connectivity index (χ3v) is 2.62. The quantitative estimate of drug-likeness (QED) is 0.718. The maximum atomic E-state index is 12.9. The van der Waals surface area contributed by atoms with Gasteiger partial charge in [-0.3, -0.25) is 4.79 Å². The summed E-state index contributed by atoms with van der Waals surface area (Å²) in [6.07, 6.45) is 0.686. The van der Waals surface area contributed by atoms with Crippen LogP contribution in [0.4, 0.5) is 10.1 Å². The SMILES string of the molecule is COC(=O)C1CCNc2cc(F)ccc21. The summed E-state index contributed by atoms with van der Waals surface area (Å²) in [6.45, 7) is 0.663. The Morgan fingerprint density at radius 1 is 1.60 bits per heavy atom. The molecule has 0 bridgehead atoms. The van der Waals surface area contributed by atoms with Crippen molar-refractivity contribution in [3.8, 4) is 0 Å². The number of carbonyl (C=O) groups is 1. The van der Waals surface area contributed by atoms with Crippen LogP contribution in [0.5, 0.6) is 0 Å². The van der Waals surface area contributed by atoms with Crippen LogP contribution >= 0.6 is 0 Å². The average molecular weight is 209 g/mol. The van der Waals surface area contributed by atoms with Gasteiger partial charge in [0.15, 0.2) is 0 Å². The van der Waals surface area contributed by atoms with E-state index in [9.17, 15) is 9.18 Å². The fraction of sp³-hybridized carbons (Fsp3) is 0.364. The Morgan fingerprint density at radius 2 is 2.40 bits per heavy atom. The number of esters is 1. The number of carbonyl (C=O) groups excluding carboxylic acids is 1. The summed E-state index contributed by atoms with van der Waals surface area (Å²) in [4.78, 5) is 11.5. The summed E-state index contributed by atoms with van der Waals surface area (Å²) < 4.78 is 17.7. The lowest BCUT2D eigenvalue weighted by atomic mass is 9.91. The predicted octanol–water partition coefficient (Wildman–Crippen LogP) is 1.90. The standard InChI is InChI=1S/C11H12FNO2/c1-15-11(14)9-4-5-13-10-6-7(12)2-3-8(9)10/h2-3,6,9,13H,4-5H2,1H3. The van der Waals surface area contributed by atoms with Crippen molar-refractivity contribution in [3.63, 3.8) is 0 Å². The van der Waals surface area contributed by atoms with Crippen LogP contribution in [0.15, 0.2) is 18.2 Å². The summed E-state index contributed by atoms with van der Waals surface area (Å²) in [7, 11) is 1.37. The molecule has 1 atom stereocenters. The Hall–Kier alpha value is -1.58. The maximum absolute atomic E-state index is 12.9. The van der Waals surface area contributed by atoms with Gasteiger partial charge in [0, 0.05) is 12.2 Å². The van der Waals surface area contributed by atoms with E-state index in [-0.39, 0.29) is 17.7 Å². The molecule has 0 aliphatic carbocycles. The summed E-state index contributed by atoms with van der Waals surface area (Å²) in [6, 6.07) is 4.41. The largest absolute Gasteiger partial charge is 0.469 e. The Morgan fingerprint density at radius 3 is 3.13 bits per heavy atom. The number of rotatable bonds is 1. The van der Waals surface area contributed by atoms with Crippen LogP contribution in [0.2, 0.25) is 0 Å². The Kier molecular flexibility index (Phi) is 2.58. The van der Waals surface area contributed by atoms with Crippen LogP contribution in [-0.2, 0) is 9.53 Å². The fourth-order valence-corrected chi connectivity index (χ4v) is 1.88. The number of halogens is 1. The molecule has 1 aliphatic heterocycles. The van der Waals surface area contributed by atoms with Crippen molar-refractivity contribution in [2.45, 2.75) is 12.3 Å². The molecule has 1 aromatic rings. The number of benzene rings is 1. The van der Waals surface area contributed by atoms with E-state index in [1.165, 1.54) is 19.2 Å². The molecule has 1 aromatic carbocycles. The Labute approximate surface area is 87.2 Å². The van der Waals surface area contributed by atoms with Gasteiger partial charge in [-0.25, -0.2) is 4.39 Å². The minimum atomic E-state index is -0.299. The molecule has 1 aliphatic rings. The van der Waals surface area contributed by atoms with E-state index in [0.717, 1.165) is 5.56 Å². The molecule has 15 heavy (non-hydrogen) atoms. The molecular formula is C11H12FNO2. The lowest BCUT2D eigenvalue weighted by molar-refractivity contribution is -0.142. The molecular weight excluding hydrogens is 197 g/mol. The molecule has 0 saturated carbocycles. The number of ether oxygens (including phenoxy) is 1. The third kappa shape index (κ3) is 1.79. The second-order valence-corrected chi connectivity index (χ2v) is 3.52. The van der Waals surface area contributed by atoms with Crippen molar-refractivity contribution >= 4 is 11.7 Å². The van der Waals surface area contributed by atoms with Gasteiger partial charge in [0.2, 0.25) is 0 Å². The smallest absolute Gasteiger partial charge is 0.313 e. The summed E-state index contributed by atoms with van der Waals surface area (Å²) in [5.74, 6) is -0.831. The van der Waals surface area contributed by atoms with Crippen LogP contribution in [0.1, 0.15) is 17.9 Å². The van der Waals surface area contributed by atoms with Crippen LogP contribution in [0.25, 0.3) is 0 Å². The first kappa shape index (κ1) is 9.96. The van der Waals surface area contributed by atoms with Gasteiger partial charge in [0.1, 0.15) is 5.82 Å². The molecule has 1 N–H and O–H groups in total. The van der Waals surface area contributed by atoms with Gasteiger partial charge in [0.25, 0.3) is 0 Å². The Bertz CT molecular complexity index is 392. The van der Waals surface area contributed by atoms with Crippen LogP contribution in [0, 0.1) is 5.82 Å². The summed E-state index contributed by atoms with van der Waals surface area (Å²) >= 11 is 0. The molecule has 3 nitrogen and oxygen atoms in total. The molecule has 0 fully saturated rings. The van der Waals surface area contributed by atoms with Gasteiger partial charge in [-0.05, 0) is 24.1 Å². The number of methoxy groups -OCH3 is 1. The number of fused-ring (bicyclic) bond motifs is 1. The number of anilines is 1. The maximum Gasteiger partial charge on any atom is 0.313 e. The van der Waals surface area contributed by atoms with Crippen LogP contribution in [0.3, 0.4) is 0 Å². The molecule has 1 unspecified atom stereocenters. The van der Waals surface area contributed by atoms with Gasteiger partial charge in [-0.1, -0.05) is 6.07 Å². The highest BCUT2D eigenvalue weighted by molar-refractivity contribution is 5.81. The van der Waals surface area contributed by atoms with Crippen molar-refractivity contribution in [1.82, 2.24) is 0 Å². The second-order valence-electron chi connectivity index (χ2n) is 3.52. The Balaban J connectivity index is 2.38. The van der Waals surface area contributed by atoms with E-state index in [2.05, 4.69) is 5.32 Å². The van der Waals surface area contributed by atoms with E-state index < -0.39 is 0 Å². The zero-order chi connectivity index (χ0) is 10.8. The zero-order valence-electron chi connectivity index (χ0n) is 8.42. The number of hydrogen-bond donors (Lipinski definition) is 1. The zero-order valence-corrected chi connectivity index (χ0v) is 8.42. The van der Waals surface area contributed by atoms with E-state index in [4.69, 9.17) is 4.74 Å². The molecule has 0 amide bonds. The van der Waals surface area contributed by atoms with Gasteiger partial charge >= 0.3 is 5.97 Å².